The maximum atomic E-state index is 10.4. The number of nitrogens with one attached hydrogen (secondary N) is 1. The Bertz CT molecular complexity index is 1190. The number of hydrogen-bond acceptors (Lipinski definition) is 6. The summed E-state index contributed by atoms with van der Waals surface area (Å²) < 4.78 is 1.72. The Morgan fingerprint density at radius 1 is 1.07 bits per heavy atom. The second-order valence-corrected chi connectivity index (χ2v) is 7.37. The van der Waals surface area contributed by atoms with Crippen LogP contribution in [0.1, 0.15) is 18.0 Å². The van der Waals surface area contributed by atoms with Crippen LogP contribution < -0.4 is 5.32 Å². The number of nitrogens with zero attached hydrogens (tertiary/aromatic N) is 4. The van der Waals surface area contributed by atoms with Crippen LogP contribution in [-0.2, 0) is 7.05 Å². The number of aromatic hydroxyl groups is 1. The Hall–Kier alpha value is -3.03. The van der Waals surface area contributed by atoms with Gasteiger partial charge >= 0.3 is 0 Å². The molecule has 1 aromatic carbocycles. The van der Waals surface area contributed by atoms with E-state index in [1.165, 1.54) is 0 Å². The third-order valence-electron chi connectivity index (χ3n) is 5.41. The van der Waals surface area contributed by atoms with Crippen LogP contribution in [0.3, 0.4) is 0 Å². The van der Waals surface area contributed by atoms with Gasteiger partial charge in [0.25, 0.3) is 0 Å². The van der Waals surface area contributed by atoms with Crippen molar-refractivity contribution in [3.63, 3.8) is 0 Å². The number of phenolic OH excluding ortho intramolecular Hbond substituents is 1. The minimum atomic E-state index is -0.422. The van der Waals surface area contributed by atoms with Crippen molar-refractivity contribution in [3.8, 4) is 17.0 Å². The molecule has 2 unspecified atom stereocenters. The van der Waals surface area contributed by atoms with Crippen molar-refractivity contribution >= 4 is 21.9 Å². The lowest BCUT2D eigenvalue weighted by Crippen LogP contribution is -2.39. The highest BCUT2D eigenvalue weighted by molar-refractivity contribution is 5.88. The maximum Gasteiger partial charge on any atom is 0.127 e. The standard InChI is InChI=1S/C21H21N5O2/c1-26-11-12-8-14(20(27)9-19(12)25-26)16-3-5-17-18(24-16)4-2-15(23-17)13-6-7-22-10-21(13)28/h2-5,8-9,11,13,21-22,27-28H,6-7,10H2,1H3. The van der Waals surface area contributed by atoms with Crippen LogP contribution in [0.15, 0.2) is 42.6 Å². The quantitative estimate of drug-likeness (QED) is 0.498. The van der Waals surface area contributed by atoms with Crippen molar-refractivity contribution in [2.45, 2.75) is 18.4 Å². The molecule has 2 atom stereocenters. The van der Waals surface area contributed by atoms with Gasteiger partial charge < -0.3 is 15.5 Å². The molecule has 7 heteroatoms. The molecule has 1 fully saturated rings. The van der Waals surface area contributed by atoms with Crippen molar-refractivity contribution < 1.29 is 10.2 Å². The molecule has 0 bridgehead atoms. The number of aromatic nitrogens is 4. The van der Waals surface area contributed by atoms with Gasteiger partial charge in [0.05, 0.1) is 28.3 Å². The van der Waals surface area contributed by atoms with E-state index < -0.39 is 6.10 Å². The average molecular weight is 375 g/mol. The number of phenols is 1. The minimum absolute atomic E-state index is 0.0439. The van der Waals surface area contributed by atoms with E-state index in [1.54, 1.807) is 10.7 Å². The summed E-state index contributed by atoms with van der Waals surface area (Å²) in [5.74, 6) is 0.197. The van der Waals surface area contributed by atoms with Crippen LogP contribution in [0, 0.1) is 0 Å². The highest BCUT2D eigenvalue weighted by Gasteiger charge is 2.25. The fourth-order valence-electron chi connectivity index (χ4n) is 3.96. The lowest BCUT2D eigenvalue weighted by atomic mass is 9.91. The molecular formula is C21H21N5O2. The number of hydrogen-bond donors (Lipinski definition) is 3. The summed E-state index contributed by atoms with van der Waals surface area (Å²) in [4.78, 5) is 9.43. The summed E-state index contributed by atoms with van der Waals surface area (Å²) in [5, 5.41) is 29.2. The number of rotatable bonds is 2. The molecular weight excluding hydrogens is 354 g/mol. The predicted molar refractivity (Wildman–Crippen MR) is 107 cm³/mol. The Kier molecular flexibility index (Phi) is 3.99. The summed E-state index contributed by atoms with van der Waals surface area (Å²) in [7, 11) is 1.85. The molecule has 7 nitrogen and oxygen atoms in total. The zero-order valence-corrected chi connectivity index (χ0v) is 15.5. The number of aliphatic hydroxyl groups is 1. The van der Waals surface area contributed by atoms with Crippen LogP contribution in [0.4, 0.5) is 0 Å². The van der Waals surface area contributed by atoms with Gasteiger partial charge in [0.1, 0.15) is 5.75 Å². The van der Waals surface area contributed by atoms with E-state index in [4.69, 9.17) is 9.97 Å². The van der Waals surface area contributed by atoms with E-state index in [2.05, 4.69) is 10.4 Å². The molecule has 4 heterocycles. The number of aryl methyl sites for hydroxylation is 1. The Labute approximate surface area is 161 Å². The first-order chi connectivity index (χ1) is 13.6. The molecule has 1 aliphatic rings. The zero-order chi connectivity index (χ0) is 19.3. The summed E-state index contributed by atoms with van der Waals surface area (Å²) in [6.45, 7) is 1.48. The topological polar surface area (TPSA) is 96.1 Å². The lowest BCUT2D eigenvalue weighted by molar-refractivity contribution is 0.117. The summed E-state index contributed by atoms with van der Waals surface area (Å²) in [6.07, 6.45) is 2.36. The lowest BCUT2D eigenvalue weighted by Gasteiger charge is -2.27. The van der Waals surface area contributed by atoms with E-state index in [0.29, 0.717) is 17.8 Å². The smallest absolute Gasteiger partial charge is 0.127 e. The normalized spacial score (nSPS) is 20.1. The van der Waals surface area contributed by atoms with Crippen molar-refractivity contribution in [3.05, 3.63) is 48.3 Å². The predicted octanol–water partition coefficient (Wildman–Crippen LogP) is 2.33. The highest BCUT2D eigenvalue weighted by atomic mass is 16.3. The van der Waals surface area contributed by atoms with Gasteiger partial charge in [-0.1, -0.05) is 0 Å². The molecule has 3 N–H and O–H groups in total. The molecule has 0 saturated carbocycles. The third kappa shape index (κ3) is 2.89. The van der Waals surface area contributed by atoms with E-state index in [9.17, 15) is 10.2 Å². The Morgan fingerprint density at radius 2 is 1.89 bits per heavy atom. The summed E-state index contributed by atoms with van der Waals surface area (Å²) >= 11 is 0. The van der Waals surface area contributed by atoms with Crippen molar-refractivity contribution in [1.29, 1.82) is 0 Å². The fraction of sp³-hybridized carbons (Fsp3) is 0.286. The fourth-order valence-corrected chi connectivity index (χ4v) is 3.96. The molecule has 4 aromatic rings. The number of β-amino-alcohol motifs (C(OH)–C–C–N with tert-alkyl or cyclic N) is 1. The molecule has 0 spiro atoms. The van der Waals surface area contributed by atoms with Crippen molar-refractivity contribution in [2.75, 3.05) is 13.1 Å². The molecule has 1 aliphatic heterocycles. The number of aliphatic hydroxyl groups excluding tert-OH is 1. The molecule has 0 radical (unpaired) electrons. The maximum absolute atomic E-state index is 10.4. The Balaban J connectivity index is 1.55. The monoisotopic (exact) mass is 375 g/mol. The van der Waals surface area contributed by atoms with Crippen LogP contribution in [-0.4, -0.2) is 49.2 Å². The van der Waals surface area contributed by atoms with Gasteiger partial charge in [0.2, 0.25) is 0 Å². The van der Waals surface area contributed by atoms with E-state index in [-0.39, 0.29) is 11.7 Å². The largest absolute Gasteiger partial charge is 0.507 e. The van der Waals surface area contributed by atoms with E-state index in [0.717, 1.165) is 40.6 Å². The van der Waals surface area contributed by atoms with Gasteiger partial charge in [0, 0.05) is 48.4 Å². The zero-order valence-electron chi connectivity index (χ0n) is 15.5. The van der Waals surface area contributed by atoms with Crippen molar-refractivity contribution in [2.24, 2.45) is 7.05 Å². The van der Waals surface area contributed by atoms with Crippen molar-refractivity contribution in [1.82, 2.24) is 25.1 Å². The van der Waals surface area contributed by atoms with Gasteiger partial charge in [0.15, 0.2) is 0 Å². The average Bonchev–Trinajstić information content (AvgIpc) is 3.06. The molecule has 28 heavy (non-hydrogen) atoms. The summed E-state index contributed by atoms with van der Waals surface area (Å²) in [6, 6.07) is 11.2. The minimum Gasteiger partial charge on any atom is -0.507 e. The molecule has 3 aromatic heterocycles. The number of piperidine rings is 1. The highest BCUT2D eigenvalue weighted by Crippen LogP contribution is 2.33. The number of pyridine rings is 2. The van der Waals surface area contributed by atoms with Gasteiger partial charge in [-0.3, -0.25) is 9.67 Å². The third-order valence-corrected chi connectivity index (χ3v) is 5.41. The number of fused-ring (bicyclic) bond motifs is 2. The first-order valence-corrected chi connectivity index (χ1v) is 9.42. The van der Waals surface area contributed by atoms with Gasteiger partial charge in [-0.15, -0.1) is 0 Å². The molecule has 5 rings (SSSR count). The van der Waals surface area contributed by atoms with Gasteiger partial charge in [-0.05, 0) is 43.3 Å². The molecule has 0 amide bonds. The van der Waals surface area contributed by atoms with Gasteiger partial charge in [-0.2, -0.15) is 5.10 Å². The SMILES string of the molecule is Cn1cc2cc(-c3ccc4nc(C5CCNCC5O)ccc4n3)c(O)cc2n1. The Morgan fingerprint density at radius 3 is 2.75 bits per heavy atom. The first kappa shape index (κ1) is 17.1. The van der Waals surface area contributed by atoms with Crippen LogP contribution in [0.5, 0.6) is 5.75 Å². The van der Waals surface area contributed by atoms with Crippen LogP contribution in [0.25, 0.3) is 33.2 Å². The first-order valence-electron chi connectivity index (χ1n) is 9.42. The number of benzene rings is 1. The molecule has 0 aliphatic carbocycles. The summed E-state index contributed by atoms with van der Waals surface area (Å²) in [5.41, 5.74) is 4.55. The molecule has 142 valence electrons. The second kappa shape index (κ2) is 6.54. The van der Waals surface area contributed by atoms with Crippen LogP contribution >= 0.6 is 0 Å². The van der Waals surface area contributed by atoms with Gasteiger partial charge in [-0.25, -0.2) is 4.98 Å². The van der Waals surface area contributed by atoms with E-state index in [1.807, 2.05) is 43.6 Å². The van der Waals surface area contributed by atoms with E-state index >= 15 is 0 Å². The molecule has 1 saturated heterocycles. The second-order valence-electron chi connectivity index (χ2n) is 7.37. The van der Waals surface area contributed by atoms with Crippen LogP contribution in [0.2, 0.25) is 0 Å².